The molecule has 0 N–H and O–H groups in total. The van der Waals surface area contributed by atoms with Crippen LogP contribution in [0.1, 0.15) is 19.4 Å². The third-order valence-corrected chi connectivity index (χ3v) is 6.29. The molecule has 6 nitrogen and oxygen atoms in total. The predicted octanol–water partition coefficient (Wildman–Crippen LogP) is 2.78. The Morgan fingerprint density at radius 2 is 1.97 bits per heavy atom. The van der Waals surface area contributed by atoms with Crippen LogP contribution in [0.5, 0.6) is 5.75 Å². The number of aryl methyl sites for hydroxylation is 1. The number of rotatable bonds is 5. The van der Waals surface area contributed by atoms with E-state index < -0.39 is 0 Å². The van der Waals surface area contributed by atoms with Crippen LogP contribution >= 0.6 is 0 Å². The largest absolute Gasteiger partial charge is 0.494 e. The van der Waals surface area contributed by atoms with Gasteiger partial charge in [-0.2, -0.15) is 0 Å². The summed E-state index contributed by atoms with van der Waals surface area (Å²) in [7, 11) is 1.71. The van der Waals surface area contributed by atoms with Crippen LogP contribution in [0.4, 0.5) is 5.69 Å². The Morgan fingerprint density at radius 3 is 2.69 bits per heavy atom. The van der Waals surface area contributed by atoms with E-state index in [0.717, 1.165) is 63.7 Å². The van der Waals surface area contributed by atoms with Crippen molar-refractivity contribution in [1.82, 2.24) is 14.8 Å². The van der Waals surface area contributed by atoms with Crippen LogP contribution in [-0.2, 0) is 4.74 Å². The molecule has 0 amide bonds. The van der Waals surface area contributed by atoms with Crippen molar-refractivity contribution in [1.29, 1.82) is 0 Å². The molecule has 2 fully saturated rings. The van der Waals surface area contributed by atoms with Crippen LogP contribution in [0, 0.1) is 6.92 Å². The van der Waals surface area contributed by atoms with Crippen molar-refractivity contribution < 1.29 is 9.47 Å². The fraction of sp³-hybridized carbons (Fsp3) is 0.609. The molecule has 0 spiro atoms. The number of para-hydroxylation sites is 1. The minimum Gasteiger partial charge on any atom is -0.494 e. The number of hydrogen-bond acceptors (Lipinski definition) is 6. The normalized spacial score (nSPS) is 21.8. The topological polar surface area (TPSA) is 41.1 Å². The van der Waals surface area contributed by atoms with Crippen molar-refractivity contribution in [2.75, 3.05) is 64.4 Å². The van der Waals surface area contributed by atoms with Gasteiger partial charge in [0.2, 0.25) is 0 Å². The first-order chi connectivity index (χ1) is 14.1. The molecule has 2 saturated heterocycles. The summed E-state index contributed by atoms with van der Waals surface area (Å²) in [5.74, 6) is 0.839. The molecule has 0 radical (unpaired) electrons. The molecule has 158 valence electrons. The maximum atomic E-state index is 6.06. The zero-order valence-electron chi connectivity index (χ0n) is 18.2. The van der Waals surface area contributed by atoms with Crippen LogP contribution in [-0.4, -0.2) is 86.5 Å². The van der Waals surface area contributed by atoms with Gasteiger partial charge in [0.05, 0.1) is 25.5 Å². The van der Waals surface area contributed by atoms with E-state index in [4.69, 9.17) is 9.47 Å². The summed E-state index contributed by atoms with van der Waals surface area (Å²) >= 11 is 0. The molecule has 6 heteroatoms. The van der Waals surface area contributed by atoms with Crippen molar-refractivity contribution >= 4 is 16.6 Å². The third kappa shape index (κ3) is 4.34. The molecule has 2 aliphatic rings. The number of fused-ring (bicyclic) bond motifs is 1. The fourth-order valence-electron chi connectivity index (χ4n) is 4.63. The van der Waals surface area contributed by atoms with Gasteiger partial charge in [0.15, 0.2) is 0 Å². The molecule has 0 bridgehead atoms. The molecule has 0 saturated carbocycles. The second-order valence-electron chi connectivity index (χ2n) is 8.52. The maximum absolute atomic E-state index is 6.06. The highest BCUT2D eigenvalue weighted by Gasteiger charge is 2.27. The number of benzene rings is 1. The fourth-order valence-corrected chi connectivity index (χ4v) is 4.63. The Bertz CT molecular complexity index is 833. The van der Waals surface area contributed by atoms with Crippen molar-refractivity contribution in [3.8, 4) is 5.75 Å². The van der Waals surface area contributed by atoms with Crippen molar-refractivity contribution in [3.05, 3.63) is 30.0 Å². The molecular weight excluding hydrogens is 364 g/mol. The summed E-state index contributed by atoms with van der Waals surface area (Å²) in [6.07, 6.45) is 2.30. The lowest BCUT2D eigenvalue weighted by atomic mass is 10.1. The summed E-state index contributed by atoms with van der Waals surface area (Å²) in [4.78, 5) is 12.2. The van der Waals surface area contributed by atoms with Crippen molar-refractivity contribution in [2.45, 2.75) is 32.9 Å². The number of morpholine rings is 1. The quantitative estimate of drug-likeness (QED) is 0.772. The number of piperazine rings is 1. The average Bonchev–Trinajstić information content (AvgIpc) is 2.74. The number of anilines is 1. The lowest BCUT2D eigenvalue weighted by molar-refractivity contribution is -0.0525. The standard InChI is InChI=1S/C23H34N4O2/c1-17(2)27-12-13-29-19(16-27)15-25-8-10-26(11-9-25)23-18(3)14-24-22-20(23)6-5-7-21(22)28-4/h5-7,14,17,19H,8-13,15-16H2,1-4H3. The Labute approximate surface area is 174 Å². The van der Waals surface area contributed by atoms with Gasteiger partial charge in [0.1, 0.15) is 11.3 Å². The Hall–Kier alpha value is -1.89. The van der Waals surface area contributed by atoms with Gasteiger partial charge in [-0.15, -0.1) is 0 Å². The molecule has 0 aliphatic carbocycles. The number of ether oxygens (including phenoxy) is 2. The average molecular weight is 399 g/mol. The van der Waals surface area contributed by atoms with Gasteiger partial charge in [-0.25, -0.2) is 0 Å². The van der Waals surface area contributed by atoms with Gasteiger partial charge in [-0.3, -0.25) is 14.8 Å². The lowest BCUT2D eigenvalue weighted by Crippen LogP contribution is -2.53. The minimum atomic E-state index is 0.324. The number of hydrogen-bond donors (Lipinski definition) is 0. The molecule has 4 rings (SSSR count). The number of pyridine rings is 1. The van der Waals surface area contributed by atoms with E-state index in [9.17, 15) is 0 Å². The van der Waals surface area contributed by atoms with Crippen LogP contribution in [0.25, 0.3) is 10.9 Å². The van der Waals surface area contributed by atoms with E-state index in [1.807, 2.05) is 12.3 Å². The molecule has 3 heterocycles. The smallest absolute Gasteiger partial charge is 0.145 e. The van der Waals surface area contributed by atoms with Gasteiger partial charge in [0, 0.05) is 63.4 Å². The van der Waals surface area contributed by atoms with Crippen LogP contribution in [0.15, 0.2) is 24.4 Å². The summed E-state index contributed by atoms with van der Waals surface area (Å²) in [6.45, 7) is 14.9. The molecular formula is C23H34N4O2. The molecule has 1 aromatic heterocycles. The van der Waals surface area contributed by atoms with Crippen molar-refractivity contribution in [3.63, 3.8) is 0 Å². The van der Waals surface area contributed by atoms with Gasteiger partial charge < -0.3 is 14.4 Å². The minimum absolute atomic E-state index is 0.324. The van der Waals surface area contributed by atoms with Gasteiger partial charge in [-0.1, -0.05) is 12.1 Å². The Balaban J connectivity index is 1.43. The molecule has 2 aromatic rings. The zero-order valence-corrected chi connectivity index (χ0v) is 18.2. The molecule has 1 unspecified atom stereocenters. The van der Waals surface area contributed by atoms with E-state index in [1.54, 1.807) is 7.11 Å². The molecule has 1 atom stereocenters. The first kappa shape index (κ1) is 20.4. The third-order valence-electron chi connectivity index (χ3n) is 6.29. The van der Waals surface area contributed by atoms with Gasteiger partial charge in [0.25, 0.3) is 0 Å². The maximum Gasteiger partial charge on any atom is 0.145 e. The summed E-state index contributed by atoms with van der Waals surface area (Å²) in [6, 6.07) is 6.80. The van der Waals surface area contributed by atoms with Gasteiger partial charge in [-0.05, 0) is 32.4 Å². The molecule has 1 aromatic carbocycles. The Morgan fingerprint density at radius 1 is 1.17 bits per heavy atom. The second-order valence-corrected chi connectivity index (χ2v) is 8.52. The van der Waals surface area contributed by atoms with E-state index >= 15 is 0 Å². The second kappa shape index (κ2) is 8.86. The lowest BCUT2D eigenvalue weighted by Gasteiger charge is -2.41. The summed E-state index contributed by atoms with van der Waals surface area (Å²) in [5.41, 5.74) is 3.47. The number of aromatic nitrogens is 1. The first-order valence-corrected chi connectivity index (χ1v) is 10.8. The van der Waals surface area contributed by atoms with E-state index in [1.165, 1.54) is 16.6 Å². The molecule has 29 heavy (non-hydrogen) atoms. The first-order valence-electron chi connectivity index (χ1n) is 10.8. The van der Waals surface area contributed by atoms with Crippen LogP contribution < -0.4 is 9.64 Å². The van der Waals surface area contributed by atoms with Gasteiger partial charge >= 0.3 is 0 Å². The SMILES string of the molecule is COc1cccc2c(N3CCN(CC4CN(C(C)C)CCO4)CC3)c(C)cnc12. The van der Waals surface area contributed by atoms with Crippen LogP contribution in [0.2, 0.25) is 0 Å². The highest BCUT2D eigenvalue weighted by molar-refractivity contribution is 5.96. The monoisotopic (exact) mass is 398 g/mol. The number of methoxy groups -OCH3 is 1. The summed E-state index contributed by atoms with van der Waals surface area (Å²) in [5, 5.41) is 1.18. The predicted molar refractivity (Wildman–Crippen MR) is 118 cm³/mol. The summed E-state index contributed by atoms with van der Waals surface area (Å²) < 4.78 is 11.6. The highest BCUT2D eigenvalue weighted by Crippen LogP contribution is 2.34. The molecule has 2 aliphatic heterocycles. The zero-order chi connectivity index (χ0) is 20.4. The Kier molecular flexibility index (Phi) is 6.23. The van der Waals surface area contributed by atoms with E-state index in [2.05, 4.69) is 52.6 Å². The van der Waals surface area contributed by atoms with Crippen molar-refractivity contribution in [2.24, 2.45) is 0 Å². The van der Waals surface area contributed by atoms with Crippen LogP contribution in [0.3, 0.4) is 0 Å². The van der Waals surface area contributed by atoms with E-state index in [-0.39, 0.29) is 0 Å². The number of nitrogens with zero attached hydrogens (tertiary/aromatic N) is 4. The highest BCUT2D eigenvalue weighted by atomic mass is 16.5. The van der Waals surface area contributed by atoms with E-state index in [0.29, 0.717) is 12.1 Å².